The summed E-state index contributed by atoms with van der Waals surface area (Å²) in [6.45, 7) is 1.40. The second kappa shape index (κ2) is 9.29. The van der Waals surface area contributed by atoms with Crippen molar-refractivity contribution in [2.45, 2.75) is 38.4 Å². The number of Topliss-reactive ketones (excluding diaryl/α,β-unsaturated/α-hetero) is 1. The molecule has 0 radical (unpaired) electrons. The van der Waals surface area contributed by atoms with Gasteiger partial charge >= 0.3 is 12.1 Å². The number of anilines is 1. The predicted molar refractivity (Wildman–Crippen MR) is 120 cm³/mol. The number of rotatable bonds is 7. The van der Waals surface area contributed by atoms with Gasteiger partial charge in [0.2, 0.25) is 0 Å². The smallest absolute Gasteiger partial charge is 0.431 e. The molecule has 33 heavy (non-hydrogen) atoms. The summed E-state index contributed by atoms with van der Waals surface area (Å²) in [5, 5.41) is 9.64. The highest BCUT2D eigenvalue weighted by Gasteiger charge is 2.35. The molecule has 1 fully saturated rings. The molecule has 0 saturated carbocycles. The maximum atomic E-state index is 13.5. The number of alkyl halides is 3. The van der Waals surface area contributed by atoms with E-state index in [1.165, 1.54) is 4.57 Å². The summed E-state index contributed by atoms with van der Waals surface area (Å²) in [6, 6.07) is 15.0. The van der Waals surface area contributed by atoms with E-state index in [1.807, 2.05) is 12.1 Å². The minimum Gasteiger partial charge on any atom is -0.481 e. The first kappa shape index (κ1) is 22.9. The van der Waals surface area contributed by atoms with Gasteiger partial charge in [-0.1, -0.05) is 18.2 Å². The zero-order valence-corrected chi connectivity index (χ0v) is 18.0. The van der Waals surface area contributed by atoms with Crippen molar-refractivity contribution in [2.75, 3.05) is 18.0 Å². The van der Waals surface area contributed by atoms with E-state index < -0.39 is 17.8 Å². The topological polar surface area (TPSA) is 62.5 Å². The van der Waals surface area contributed by atoms with Crippen LogP contribution in [0.5, 0.6) is 0 Å². The van der Waals surface area contributed by atoms with Gasteiger partial charge in [-0.3, -0.25) is 9.59 Å². The Morgan fingerprint density at radius 2 is 1.67 bits per heavy atom. The molecule has 0 unspecified atom stereocenters. The molecule has 2 aromatic carbocycles. The number of hydrogen-bond donors (Lipinski definition) is 1. The molecule has 0 bridgehead atoms. The Morgan fingerprint density at radius 1 is 1.00 bits per heavy atom. The predicted octanol–water partition coefficient (Wildman–Crippen LogP) is 5.62. The number of carbonyl (C=O) groups excluding carboxylic acids is 1. The lowest BCUT2D eigenvalue weighted by molar-refractivity contribution is -0.143. The molecule has 0 amide bonds. The van der Waals surface area contributed by atoms with Gasteiger partial charge in [-0.2, -0.15) is 13.2 Å². The van der Waals surface area contributed by atoms with Gasteiger partial charge in [-0.05, 0) is 55.7 Å². The summed E-state index contributed by atoms with van der Waals surface area (Å²) in [7, 11) is 0. The molecule has 1 N–H and O–H groups in total. The zero-order valence-electron chi connectivity index (χ0n) is 18.0. The SMILES string of the molecule is O=C(CCCn1c(C(F)(F)F)cc2ccccc21)c1ccc(N2CCC(C(=O)O)CC2)cc1. The molecule has 2 heterocycles. The Hall–Kier alpha value is -3.29. The number of aryl methyl sites for hydroxylation is 1. The van der Waals surface area contributed by atoms with Gasteiger partial charge in [-0.15, -0.1) is 0 Å². The van der Waals surface area contributed by atoms with Crippen molar-refractivity contribution in [1.82, 2.24) is 4.57 Å². The lowest BCUT2D eigenvalue weighted by Crippen LogP contribution is -2.36. The van der Waals surface area contributed by atoms with Crippen molar-refractivity contribution in [2.24, 2.45) is 5.92 Å². The Bertz CT molecular complexity index is 1140. The van der Waals surface area contributed by atoms with Gasteiger partial charge in [0, 0.05) is 48.2 Å². The molecule has 1 saturated heterocycles. The molecule has 0 spiro atoms. The number of para-hydroxylation sites is 1. The Labute approximate surface area is 189 Å². The molecular weight excluding hydrogens is 433 g/mol. The van der Waals surface area contributed by atoms with E-state index in [2.05, 4.69) is 4.90 Å². The van der Waals surface area contributed by atoms with Crippen LogP contribution in [0.3, 0.4) is 0 Å². The number of nitrogens with zero attached hydrogens (tertiary/aromatic N) is 2. The van der Waals surface area contributed by atoms with Crippen molar-refractivity contribution in [3.63, 3.8) is 0 Å². The minimum atomic E-state index is -4.46. The highest BCUT2D eigenvalue weighted by atomic mass is 19.4. The molecule has 0 aliphatic carbocycles. The standard InChI is InChI=1S/C25H25F3N2O3/c26-25(27,28)23-16-19-4-1-2-5-21(19)30(23)13-3-6-22(31)17-7-9-20(10-8-17)29-14-11-18(12-15-29)24(32)33/h1-2,4-5,7-10,16,18H,3,6,11-15H2,(H,32,33). The third-order valence-electron chi connectivity index (χ3n) is 6.29. The first-order chi connectivity index (χ1) is 15.7. The van der Waals surface area contributed by atoms with Crippen molar-refractivity contribution in [3.05, 3.63) is 65.9 Å². The van der Waals surface area contributed by atoms with Gasteiger partial charge in [0.25, 0.3) is 0 Å². The molecule has 4 rings (SSSR count). The average molecular weight is 458 g/mol. The summed E-state index contributed by atoms with van der Waals surface area (Å²) in [5.74, 6) is -1.18. The summed E-state index contributed by atoms with van der Waals surface area (Å²) < 4.78 is 41.6. The fraction of sp³-hybridized carbons (Fsp3) is 0.360. The third-order valence-corrected chi connectivity index (χ3v) is 6.29. The Balaban J connectivity index is 1.37. The maximum Gasteiger partial charge on any atom is 0.431 e. The molecule has 0 atom stereocenters. The van der Waals surface area contributed by atoms with E-state index in [1.54, 1.807) is 36.4 Å². The highest BCUT2D eigenvalue weighted by Crippen LogP contribution is 2.34. The van der Waals surface area contributed by atoms with E-state index in [0.717, 1.165) is 11.8 Å². The largest absolute Gasteiger partial charge is 0.481 e. The molecule has 5 nitrogen and oxygen atoms in total. The van der Waals surface area contributed by atoms with Gasteiger partial charge in [0.05, 0.1) is 5.92 Å². The lowest BCUT2D eigenvalue weighted by Gasteiger charge is -2.32. The van der Waals surface area contributed by atoms with Crippen LogP contribution < -0.4 is 4.90 Å². The number of carboxylic acid groups (broad SMARTS) is 1. The highest BCUT2D eigenvalue weighted by molar-refractivity contribution is 5.96. The summed E-state index contributed by atoms with van der Waals surface area (Å²) in [5.41, 5.74) is 1.26. The van der Waals surface area contributed by atoms with Crippen LogP contribution in [0, 0.1) is 5.92 Å². The normalized spacial score (nSPS) is 15.2. The fourth-order valence-corrected chi connectivity index (χ4v) is 4.47. The van der Waals surface area contributed by atoms with E-state index in [0.29, 0.717) is 48.8 Å². The number of fused-ring (bicyclic) bond motifs is 1. The number of piperidine rings is 1. The molecule has 3 aromatic rings. The van der Waals surface area contributed by atoms with Crippen LogP contribution in [0.4, 0.5) is 18.9 Å². The zero-order chi connectivity index (χ0) is 23.6. The monoisotopic (exact) mass is 458 g/mol. The van der Waals surface area contributed by atoms with Gasteiger partial charge < -0.3 is 14.6 Å². The van der Waals surface area contributed by atoms with Crippen molar-refractivity contribution < 1.29 is 27.9 Å². The number of aromatic nitrogens is 1. The molecule has 1 aliphatic rings. The quantitative estimate of drug-likeness (QED) is 0.467. The number of halogens is 3. The van der Waals surface area contributed by atoms with Crippen LogP contribution in [0.25, 0.3) is 10.9 Å². The van der Waals surface area contributed by atoms with Crippen LogP contribution in [-0.4, -0.2) is 34.5 Å². The molecule has 1 aromatic heterocycles. The van der Waals surface area contributed by atoms with Crippen LogP contribution in [0.2, 0.25) is 0 Å². The number of carbonyl (C=O) groups is 2. The molecule has 8 heteroatoms. The van der Waals surface area contributed by atoms with E-state index in [9.17, 15) is 22.8 Å². The van der Waals surface area contributed by atoms with Crippen molar-refractivity contribution in [1.29, 1.82) is 0 Å². The third kappa shape index (κ3) is 5.05. The number of benzene rings is 2. The second-order valence-corrected chi connectivity index (χ2v) is 8.41. The van der Waals surface area contributed by atoms with Gasteiger partial charge in [-0.25, -0.2) is 0 Å². The lowest BCUT2D eigenvalue weighted by atomic mass is 9.96. The summed E-state index contributed by atoms with van der Waals surface area (Å²) in [4.78, 5) is 25.8. The number of aliphatic carboxylic acids is 1. The van der Waals surface area contributed by atoms with E-state index in [4.69, 9.17) is 5.11 Å². The van der Waals surface area contributed by atoms with Gasteiger partial charge in [0.15, 0.2) is 5.78 Å². The maximum absolute atomic E-state index is 13.5. The Morgan fingerprint density at radius 3 is 2.30 bits per heavy atom. The fourth-order valence-electron chi connectivity index (χ4n) is 4.47. The van der Waals surface area contributed by atoms with E-state index in [-0.39, 0.29) is 24.7 Å². The van der Waals surface area contributed by atoms with Gasteiger partial charge in [0.1, 0.15) is 5.69 Å². The van der Waals surface area contributed by atoms with E-state index >= 15 is 0 Å². The van der Waals surface area contributed by atoms with Crippen molar-refractivity contribution in [3.8, 4) is 0 Å². The average Bonchev–Trinajstić information content (AvgIpc) is 3.18. The number of hydrogen-bond acceptors (Lipinski definition) is 3. The second-order valence-electron chi connectivity index (χ2n) is 8.41. The first-order valence-corrected chi connectivity index (χ1v) is 11.0. The summed E-state index contributed by atoms with van der Waals surface area (Å²) in [6.07, 6.45) is -2.84. The van der Waals surface area contributed by atoms with Crippen LogP contribution in [-0.2, 0) is 17.5 Å². The Kier molecular flexibility index (Phi) is 6.44. The van der Waals surface area contributed by atoms with Crippen LogP contribution >= 0.6 is 0 Å². The number of ketones is 1. The molecular formula is C25H25F3N2O3. The van der Waals surface area contributed by atoms with Crippen LogP contribution in [0.1, 0.15) is 41.7 Å². The van der Waals surface area contributed by atoms with Crippen LogP contribution in [0.15, 0.2) is 54.6 Å². The minimum absolute atomic E-state index is 0.102. The molecule has 174 valence electrons. The summed E-state index contributed by atoms with van der Waals surface area (Å²) >= 11 is 0. The number of carboxylic acids is 1. The molecule has 1 aliphatic heterocycles. The first-order valence-electron chi connectivity index (χ1n) is 11.0. The van der Waals surface area contributed by atoms with Crippen molar-refractivity contribution >= 4 is 28.3 Å².